The van der Waals surface area contributed by atoms with Crippen molar-refractivity contribution in [3.05, 3.63) is 0 Å². The Hall–Kier alpha value is -0.0800. The molecule has 0 aromatic carbocycles. The van der Waals surface area contributed by atoms with Crippen molar-refractivity contribution in [1.82, 2.24) is 0 Å². The number of hydrogen-bond donors (Lipinski definition) is 1. The summed E-state index contributed by atoms with van der Waals surface area (Å²) in [5.74, 6) is 3.48. The van der Waals surface area contributed by atoms with Gasteiger partial charge in [0.1, 0.15) is 0 Å². The van der Waals surface area contributed by atoms with Gasteiger partial charge in [0, 0.05) is 12.6 Å². The number of nitrogens with two attached hydrogens (primary N) is 1. The first-order valence-corrected chi connectivity index (χ1v) is 8.18. The molecule has 3 aliphatic rings. The zero-order valence-corrected chi connectivity index (χ0v) is 11.7. The van der Waals surface area contributed by atoms with Crippen LogP contribution in [0.25, 0.3) is 0 Å². The standard InChI is InChI=1S/C16H29NO/c17-16(15-6-3-9-18-11-15)14-8-7-12-4-1-2-5-13(12)10-14/h12-16H,1-11,17H2. The van der Waals surface area contributed by atoms with Crippen LogP contribution in [0.5, 0.6) is 0 Å². The summed E-state index contributed by atoms with van der Waals surface area (Å²) in [6.45, 7) is 1.88. The van der Waals surface area contributed by atoms with Gasteiger partial charge in [-0.2, -0.15) is 0 Å². The Balaban J connectivity index is 1.55. The van der Waals surface area contributed by atoms with Crippen LogP contribution in [0.2, 0.25) is 0 Å². The highest BCUT2D eigenvalue weighted by atomic mass is 16.5. The normalized spacial score (nSPS) is 43.2. The van der Waals surface area contributed by atoms with Gasteiger partial charge in [0.25, 0.3) is 0 Å². The van der Waals surface area contributed by atoms with Crippen LogP contribution in [0, 0.1) is 23.7 Å². The first-order valence-electron chi connectivity index (χ1n) is 8.18. The summed E-state index contributed by atoms with van der Waals surface area (Å²) < 4.78 is 5.62. The van der Waals surface area contributed by atoms with E-state index in [2.05, 4.69) is 0 Å². The Morgan fingerprint density at radius 2 is 1.67 bits per heavy atom. The summed E-state index contributed by atoms with van der Waals surface area (Å²) in [5.41, 5.74) is 6.56. The van der Waals surface area contributed by atoms with Crippen LogP contribution in [0.15, 0.2) is 0 Å². The molecule has 2 nitrogen and oxygen atoms in total. The zero-order chi connectivity index (χ0) is 12.4. The SMILES string of the molecule is NC(C1CCCOC1)C1CCC2CCCCC2C1. The highest BCUT2D eigenvalue weighted by Gasteiger charge is 2.36. The topological polar surface area (TPSA) is 35.2 Å². The van der Waals surface area contributed by atoms with Crippen LogP contribution in [0.1, 0.15) is 57.8 Å². The molecule has 18 heavy (non-hydrogen) atoms. The van der Waals surface area contributed by atoms with Gasteiger partial charge in [-0.1, -0.05) is 25.7 Å². The Bertz CT molecular complexity index is 259. The van der Waals surface area contributed by atoms with Crippen molar-refractivity contribution in [2.24, 2.45) is 29.4 Å². The van der Waals surface area contributed by atoms with E-state index in [1.54, 1.807) is 0 Å². The van der Waals surface area contributed by atoms with Crippen LogP contribution in [0.3, 0.4) is 0 Å². The van der Waals surface area contributed by atoms with Crippen LogP contribution in [-0.2, 0) is 4.74 Å². The second-order valence-electron chi connectivity index (χ2n) is 6.93. The summed E-state index contributed by atoms with van der Waals surface area (Å²) in [6.07, 6.45) is 12.7. The van der Waals surface area contributed by atoms with Crippen LogP contribution >= 0.6 is 0 Å². The molecule has 5 atom stereocenters. The van der Waals surface area contributed by atoms with E-state index in [0.29, 0.717) is 12.0 Å². The number of rotatable bonds is 2. The molecule has 3 rings (SSSR count). The quantitative estimate of drug-likeness (QED) is 0.817. The Morgan fingerprint density at radius 1 is 0.833 bits per heavy atom. The molecule has 1 saturated heterocycles. The molecular weight excluding hydrogens is 222 g/mol. The van der Waals surface area contributed by atoms with E-state index in [1.807, 2.05) is 0 Å². The third-order valence-corrected chi connectivity index (χ3v) is 5.86. The molecule has 2 saturated carbocycles. The highest BCUT2D eigenvalue weighted by molar-refractivity contribution is 4.90. The van der Waals surface area contributed by atoms with E-state index in [-0.39, 0.29) is 0 Å². The minimum atomic E-state index is 0.410. The molecule has 0 amide bonds. The highest BCUT2D eigenvalue weighted by Crippen LogP contribution is 2.44. The van der Waals surface area contributed by atoms with Gasteiger partial charge in [-0.3, -0.25) is 0 Å². The number of hydrogen-bond acceptors (Lipinski definition) is 2. The van der Waals surface area contributed by atoms with Crippen LogP contribution in [-0.4, -0.2) is 19.3 Å². The van der Waals surface area contributed by atoms with Crippen molar-refractivity contribution < 1.29 is 4.74 Å². The zero-order valence-electron chi connectivity index (χ0n) is 11.7. The van der Waals surface area contributed by atoms with Crippen molar-refractivity contribution in [2.45, 2.75) is 63.8 Å². The predicted octanol–water partition coefficient (Wildman–Crippen LogP) is 3.35. The van der Waals surface area contributed by atoms with Gasteiger partial charge < -0.3 is 10.5 Å². The average Bonchev–Trinajstić information content (AvgIpc) is 2.47. The lowest BCUT2D eigenvalue weighted by atomic mass is 9.65. The first kappa shape index (κ1) is 12.9. The van der Waals surface area contributed by atoms with Crippen molar-refractivity contribution in [3.63, 3.8) is 0 Å². The maximum atomic E-state index is 6.56. The van der Waals surface area contributed by atoms with Crippen LogP contribution < -0.4 is 5.73 Å². The van der Waals surface area contributed by atoms with Gasteiger partial charge in [0.2, 0.25) is 0 Å². The van der Waals surface area contributed by atoms with Gasteiger partial charge in [-0.25, -0.2) is 0 Å². The molecule has 0 radical (unpaired) electrons. The molecule has 2 N–H and O–H groups in total. The van der Waals surface area contributed by atoms with Crippen LogP contribution in [0.4, 0.5) is 0 Å². The lowest BCUT2D eigenvalue weighted by Crippen LogP contribution is -2.44. The third kappa shape index (κ3) is 2.75. The Kier molecular flexibility index (Phi) is 4.25. The molecule has 1 heterocycles. The molecular formula is C16H29NO. The van der Waals surface area contributed by atoms with E-state index < -0.39 is 0 Å². The van der Waals surface area contributed by atoms with Crippen molar-refractivity contribution in [3.8, 4) is 0 Å². The lowest BCUT2D eigenvalue weighted by Gasteiger charge is -2.43. The minimum absolute atomic E-state index is 0.410. The van der Waals surface area contributed by atoms with Crippen molar-refractivity contribution >= 4 is 0 Å². The fourth-order valence-corrected chi connectivity index (χ4v) is 4.71. The van der Waals surface area contributed by atoms with E-state index in [1.165, 1.54) is 57.8 Å². The van der Waals surface area contributed by atoms with Gasteiger partial charge >= 0.3 is 0 Å². The second kappa shape index (κ2) is 5.92. The van der Waals surface area contributed by atoms with Crippen molar-refractivity contribution in [1.29, 1.82) is 0 Å². The lowest BCUT2D eigenvalue weighted by molar-refractivity contribution is 0.0224. The molecule has 0 aromatic rings. The Morgan fingerprint density at radius 3 is 2.44 bits per heavy atom. The molecule has 0 bridgehead atoms. The fourth-order valence-electron chi connectivity index (χ4n) is 4.71. The smallest absolute Gasteiger partial charge is 0.0509 e. The summed E-state index contributed by atoms with van der Waals surface area (Å²) >= 11 is 0. The maximum Gasteiger partial charge on any atom is 0.0509 e. The van der Waals surface area contributed by atoms with E-state index in [0.717, 1.165) is 31.0 Å². The maximum absolute atomic E-state index is 6.56. The van der Waals surface area contributed by atoms with Crippen molar-refractivity contribution in [2.75, 3.05) is 13.2 Å². The van der Waals surface area contributed by atoms with Gasteiger partial charge in [0.15, 0.2) is 0 Å². The molecule has 2 aliphatic carbocycles. The Labute approximate surface area is 112 Å². The minimum Gasteiger partial charge on any atom is -0.381 e. The number of ether oxygens (including phenoxy) is 1. The monoisotopic (exact) mass is 251 g/mol. The summed E-state index contributed by atoms with van der Waals surface area (Å²) in [7, 11) is 0. The van der Waals surface area contributed by atoms with Gasteiger partial charge in [-0.05, 0) is 55.8 Å². The largest absolute Gasteiger partial charge is 0.381 e. The molecule has 2 heteroatoms. The number of fused-ring (bicyclic) bond motifs is 1. The predicted molar refractivity (Wildman–Crippen MR) is 74.3 cm³/mol. The van der Waals surface area contributed by atoms with E-state index in [9.17, 15) is 0 Å². The summed E-state index contributed by atoms with van der Waals surface area (Å²) in [6, 6.07) is 0.410. The fraction of sp³-hybridized carbons (Fsp3) is 1.00. The molecule has 3 fully saturated rings. The van der Waals surface area contributed by atoms with E-state index >= 15 is 0 Å². The second-order valence-corrected chi connectivity index (χ2v) is 6.93. The molecule has 5 unspecified atom stereocenters. The van der Waals surface area contributed by atoms with Gasteiger partial charge in [-0.15, -0.1) is 0 Å². The molecule has 1 aliphatic heterocycles. The van der Waals surface area contributed by atoms with E-state index in [4.69, 9.17) is 10.5 Å². The molecule has 0 spiro atoms. The summed E-state index contributed by atoms with van der Waals surface area (Å²) in [5, 5.41) is 0. The molecule has 104 valence electrons. The average molecular weight is 251 g/mol. The molecule has 0 aromatic heterocycles. The first-order chi connectivity index (χ1) is 8.84. The third-order valence-electron chi connectivity index (χ3n) is 5.86. The van der Waals surface area contributed by atoms with Gasteiger partial charge in [0.05, 0.1) is 6.61 Å². The summed E-state index contributed by atoms with van der Waals surface area (Å²) in [4.78, 5) is 0.